The number of rotatable bonds is 2. The van der Waals surface area contributed by atoms with Crippen molar-refractivity contribution in [2.75, 3.05) is 11.1 Å². The lowest BCUT2D eigenvalue weighted by atomic mass is 10.2. The van der Waals surface area contributed by atoms with E-state index in [0.29, 0.717) is 17.1 Å². The van der Waals surface area contributed by atoms with Crippen molar-refractivity contribution in [2.24, 2.45) is 7.05 Å². The lowest BCUT2D eigenvalue weighted by Crippen LogP contribution is -2.16. The predicted octanol–water partition coefficient (Wildman–Crippen LogP) is 0.958. The van der Waals surface area contributed by atoms with E-state index in [1.807, 2.05) is 6.92 Å². The van der Waals surface area contributed by atoms with Crippen LogP contribution in [0, 0.1) is 6.92 Å². The average molecular weight is 231 g/mol. The third kappa shape index (κ3) is 2.25. The highest BCUT2D eigenvalue weighted by atomic mass is 16.1. The van der Waals surface area contributed by atoms with Crippen LogP contribution in [-0.2, 0) is 7.05 Å². The van der Waals surface area contributed by atoms with Crippen LogP contribution in [0.2, 0.25) is 0 Å². The van der Waals surface area contributed by atoms with Crippen molar-refractivity contribution in [1.82, 2.24) is 14.8 Å². The molecule has 2 rings (SSSR count). The maximum atomic E-state index is 11.9. The second-order valence-corrected chi connectivity index (χ2v) is 3.71. The van der Waals surface area contributed by atoms with E-state index in [0.717, 1.165) is 5.69 Å². The van der Waals surface area contributed by atoms with E-state index in [4.69, 9.17) is 5.73 Å². The molecule has 2 heterocycles. The number of aryl methyl sites for hydroxylation is 2. The summed E-state index contributed by atoms with van der Waals surface area (Å²) in [7, 11) is 1.76. The van der Waals surface area contributed by atoms with Gasteiger partial charge in [-0.15, -0.1) is 0 Å². The maximum absolute atomic E-state index is 11.9. The third-order valence-corrected chi connectivity index (χ3v) is 2.34. The molecule has 0 saturated carbocycles. The Labute approximate surface area is 98.5 Å². The minimum Gasteiger partial charge on any atom is -0.398 e. The van der Waals surface area contributed by atoms with Crippen molar-refractivity contribution < 1.29 is 4.79 Å². The molecular weight excluding hydrogens is 218 g/mol. The number of amides is 1. The fourth-order valence-corrected chi connectivity index (χ4v) is 1.51. The molecule has 0 aromatic carbocycles. The van der Waals surface area contributed by atoms with Gasteiger partial charge in [0.15, 0.2) is 0 Å². The number of nitrogens with zero attached hydrogens (tertiary/aromatic N) is 3. The summed E-state index contributed by atoms with van der Waals surface area (Å²) in [5, 5.41) is 6.86. The van der Waals surface area contributed by atoms with Gasteiger partial charge in [-0.2, -0.15) is 5.10 Å². The first-order valence-electron chi connectivity index (χ1n) is 5.09. The van der Waals surface area contributed by atoms with E-state index in [9.17, 15) is 4.79 Å². The number of nitrogens with two attached hydrogens (primary N) is 1. The molecule has 6 nitrogen and oxygen atoms in total. The van der Waals surface area contributed by atoms with E-state index in [-0.39, 0.29) is 5.91 Å². The van der Waals surface area contributed by atoms with Gasteiger partial charge in [-0.05, 0) is 13.0 Å². The van der Waals surface area contributed by atoms with Gasteiger partial charge in [0, 0.05) is 31.2 Å². The molecule has 0 bridgehead atoms. The number of carbonyl (C=O) groups excluding carboxylic acids is 1. The van der Waals surface area contributed by atoms with E-state index in [2.05, 4.69) is 15.4 Å². The molecule has 1 amide bonds. The Balaban J connectivity index is 2.23. The number of hydrogen-bond acceptors (Lipinski definition) is 4. The number of pyridine rings is 1. The first-order valence-corrected chi connectivity index (χ1v) is 5.09. The van der Waals surface area contributed by atoms with E-state index in [1.54, 1.807) is 30.1 Å². The van der Waals surface area contributed by atoms with Crippen LogP contribution in [0.4, 0.5) is 11.5 Å². The highest BCUT2D eigenvalue weighted by Crippen LogP contribution is 2.13. The predicted molar refractivity (Wildman–Crippen MR) is 64.5 cm³/mol. The number of anilines is 2. The average Bonchev–Trinajstić information content (AvgIpc) is 2.58. The second kappa shape index (κ2) is 4.25. The molecule has 0 spiro atoms. The minimum atomic E-state index is -0.293. The van der Waals surface area contributed by atoms with Crippen molar-refractivity contribution in [3.63, 3.8) is 0 Å². The zero-order chi connectivity index (χ0) is 12.4. The number of carbonyl (C=O) groups is 1. The maximum Gasteiger partial charge on any atom is 0.260 e. The molecule has 2 aromatic rings. The monoisotopic (exact) mass is 231 g/mol. The molecule has 6 heteroatoms. The van der Waals surface area contributed by atoms with Crippen molar-refractivity contribution in [2.45, 2.75) is 6.92 Å². The molecule has 0 atom stereocenters. The van der Waals surface area contributed by atoms with Crippen LogP contribution in [0.1, 0.15) is 16.1 Å². The van der Waals surface area contributed by atoms with Gasteiger partial charge >= 0.3 is 0 Å². The van der Waals surface area contributed by atoms with Crippen molar-refractivity contribution in [1.29, 1.82) is 0 Å². The lowest BCUT2D eigenvalue weighted by molar-refractivity contribution is 0.102. The Hall–Kier alpha value is -2.37. The number of hydrogen-bond donors (Lipinski definition) is 2. The van der Waals surface area contributed by atoms with Crippen LogP contribution in [0.3, 0.4) is 0 Å². The fraction of sp³-hybridized carbons (Fsp3) is 0.182. The van der Waals surface area contributed by atoms with Crippen LogP contribution in [-0.4, -0.2) is 20.7 Å². The lowest BCUT2D eigenvalue weighted by Gasteiger charge is -2.06. The third-order valence-electron chi connectivity index (χ3n) is 2.34. The number of aromatic nitrogens is 3. The molecule has 2 aromatic heterocycles. The second-order valence-electron chi connectivity index (χ2n) is 3.71. The highest BCUT2D eigenvalue weighted by molar-refractivity contribution is 6.07. The van der Waals surface area contributed by atoms with E-state index in [1.165, 1.54) is 6.20 Å². The molecule has 0 unspecified atom stereocenters. The number of nitrogen functional groups attached to an aromatic ring is 1. The summed E-state index contributed by atoms with van der Waals surface area (Å²) >= 11 is 0. The van der Waals surface area contributed by atoms with Gasteiger partial charge in [-0.1, -0.05) is 0 Å². The molecule has 0 aliphatic heterocycles. The summed E-state index contributed by atoms with van der Waals surface area (Å²) in [4.78, 5) is 15.8. The van der Waals surface area contributed by atoms with Gasteiger partial charge in [-0.3, -0.25) is 14.5 Å². The summed E-state index contributed by atoms with van der Waals surface area (Å²) in [6, 6.07) is 3.37. The van der Waals surface area contributed by atoms with Gasteiger partial charge in [0.25, 0.3) is 5.91 Å². The van der Waals surface area contributed by atoms with Gasteiger partial charge in [0.1, 0.15) is 5.82 Å². The first kappa shape index (κ1) is 11.1. The fourth-order valence-electron chi connectivity index (χ4n) is 1.51. The molecule has 17 heavy (non-hydrogen) atoms. The van der Waals surface area contributed by atoms with Crippen LogP contribution in [0.25, 0.3) is 0 Å². The van der Waals surface area contributed by atoms with Gasteiger partial charge < -0.3 is 11.1 Å². The quantitative estimate of drug-likeness (QED) is 0.806. The van der Waals surface area contributed by atoms with Gasteiger partial charge in [0.2, 0.25) is 0 Å². The molecule has 0 aliphatic rings. The number of nitrogens with one attached hydrogen (secondary N) is 1. The van der Waals surface area contributed by atoms with Gasteiger partial charge in [-0.25, -0.2) is 0 Å². The van der Waals surface area contributed by atoms with Crippen molar-refractivity contribution in [3.8, 4) is 0 Å². The van der Waals surface area contributed by atoms with E-state index < -0.39 is 0 Å². The zero-order valence-corrected chi connectivity index (χ0v) is 9.64. The van der Waals surface area contributed by atoms with Crippen LogP contribution < -0.4 is 11.1 Å². The Morgan fingerprint density at radius 3 is 2.88 bits per heavy atom. The Morgan fingerprint density at radius 1 is 1.53 bits per heavy atom. The van der Waals surface area contributed by atoms with E-state index >= 15 is 0 Å². The summed E-state index contributed by atoms with van der Waals surface area (Å²) in [6.07, 6.45) is 2.98. The summed E-state index contributed by atoms with van der Waals surface area (Å²) in [6.45, 7) is 1.86. The van der Waals surface area contributed by atoms with Gasteiger partial charge in [0.05, 0.1) is 11.3 Å². The molecule has 0 aliphatic carbocycles. The minimum absolute atomic E-state index is 0.293. The molecule has 0 saturated heterocycles. The van der Waals surface area contributed by atoms with Crippen LogP contribution in [0.15, 0.2) is 24.5 Å². The largest absolute Gasteiger partial charge is 0.398 e. The molecular formula is C11H13N5O. The smallest absolute Gasteiger partial charge is 0.260 e. The van der Waals surface area contributed by atoms with Crippen molar-refractivity contribution >= 4 is 17.4 Å². The summed E-state index contributed by atoms with van der Waals surface area (Å²) in [5.74, 6) is 0.328. The standard InChI is InChI=1S/C11H13N5O/c1-7-5-10(16(2)15-7)14-11(17)8-6-13-4-3-9(8)12/h3-6H,1-2H3,(H2,12,13)(H,14,17). The Morgan fingerprint density at radius 2 is 2.29 bits per heavy atom. The molecule has 3 N–H and O–H groups in total. The Bertz CT molecular complexity index is 561. The molecule has 0 fully saturated rings. The topological polar surface area (TPSA) is 85.8 Å². The SMILES string of the molecule is Cc1cc(NC(=O)c2cnccc2N)n(C)n1. The first-order chi connectivity index (χ1) is 8.08. The van der Waals surface area contributed by atoms with Crippen molar-refractivity contribution in [3.05, 3.63) is 35.8 Å². The van der Waals surface area contributed by atoms with Crippen LogP contribution >= 0.6 is 0 Å². The van der Waals surface area contributed by atoms with Crippen LogP contribution in [0.5, 0.6) is 0 Å². The summed E-state index contributed by atoms with van der Waals surface area (Å²) in [5.41, 5.74) is 7.28. The summed E-state index contributed by atoms with van der Waals surface area (Å²) < 4.78 is 1.60. The highest BCUT2D eigenvalue weighted by Gasteiger charge is 2.12. The normalized spacial score (nSPS) is 10.2. The zero-order valence-electron chi connectivity index (χ0n) is 9.64. The Kier molecular flexibility index (Phi) is 2.78. The molecule has 88 valence electrons. The molecule has 0 radical (unpaired) electrons.